The highest BCUT2D eigenvalue weighted by molar-refractivity contribution is 5.68. The van der Waals surface area contributed by atoms with Gasteiger partial charge in [0.1, 0.15) is 23.0 Å². The molecule has 0 amide bonds. The number of nitrogens with zero attached hydrogens (tertiary/aromatic N) is 1. The zero-order chi connectivity index (χ0) is 26.1. The van der Waals surface area contributed by atoms with Crippen LogP contribution in [0, 0.1) is 5.82 Å². The van der Waals surface area contributed by atoms with Gasteiger partial charge in [0.05, 0.1) is 13.2 Å². The summed E-state index contributed by atoms with van der Waals surface area (Å²) >= 11 is 0. The van der Waals surface area contributed by atoms with Crippen LogP contribution in [0.1, 0.15) is 90.9 Å². The zero-order valence-electron chi connectivity index (χ0n) is 22.8. The van der Waals surface area contributed by atoms with Crippen molar-refractivity contribution in [2.24, 2.45) is 0 Å². The smallest absolute Gasteiger partial charge is 0.150 e. The Morgan fingerprint density at radius 2 is 1.03 bits per heavy atom. The van der Waals surface area contributed by atoms with E-state index in [1.807, 2.05) is 48.5 Å². The minimum Gasteiger partial charge on any atom is -0.494 e. The van der Waals surface area contributed by atoms with Gasteiger partial charge in [-0.2, -0.15) is 0 Å². The predicted molar refractivity (Wildman–Crippen MR) is 153 cm³/mol. The summed E-state index contributed by atoms with van der Waals surface area (Å²) in [5.41, 5.74) is 2.77. The molecule has 0 radical (unpaired) electrons. The lowest BCUT2D eigenvalue weighted by molar-refractivity contribution is 0.304. The van der Waals surface area contributed by atoms with Crippen molar-refractivity contribution in [3.05, 3.63) is 66.6 Å². The van der Waals surface area contributed by atoms with Crippen molar-refractivity contribution in [3.63, 3.8) is 0 Å². The van der Waals surface area contributed by atoms with Crippen molar-refractivity contribution in [3.8, 4) is 33.9 Å². The van der Waals surface area contributed by atoms with Crippen LogP contribution in [0.4, 0.5) is 4.39 Å². The number of benzene rings is 2. The third kappa shape index (κ3) is 10.2. The highest BCUT2D eigenvalue weighted by Gasteiger charge is 2.10. The molecule has 0 saturated carbocycles. The van der Waals surface area contributed by atoms with Crippen LogP contribution in [0.15, 0.2) is 60.8 Å². The Bertz CT molecular complexity index is 1020. The standard InChI is InChI=1S/C33H44FNO2/c1-3-5-7-9-11-13-23-36-30-19-15-27(16-20-30)29-25-32(34)33(35-26-29)28-17-21-31(22-18-28)37-24-14-12-10-8-6-4-2/h15-22,25-26H,3-14,23-24H2,1-2H3. The molecule has 4 heteroatoms. The Kier molecular flexibility index (Phi) is 13.0. The molecule has 0 N–H and O–H groups in total. The molecule has 0 aliphatic rings. The van der Waals surface area contributed by atoms with E-state index < -0.39 is 0 Å². The van der Waals surface area contributed by atoms with Crippen molar-refractivity contribution in [2.75, 3.05) is 13.2 Å². The largest absolute Gasteiger partial charge is 0.494 e. The van der Waals surface area contributed by atoms with Crippen LogP contribution < -0.4 is 9.47 Å². The molecule has 0 spiro atoms. The normalized spacial score (nSPS) is 11.0. The van der Waals surface area contributed by atoms with E-state index in [2.05, 4.69) is 18.8 Å². The third-order valence-corrected chi connectivity index (χ3v) is 6.69. The molecule has 0 aliphatic heterocycles. The molecular weight excluding hydrogens is 461 g/mol. The van der Waals surface area contributed by atoms with E-state index in [1.165, 1.54) is 64.2 Å². The highest BCUT2D eigenvalue weighted by atomic mass is 19.1. The number of rotatable bonds is 18. The summed E-state index contributed by atoms with van der Waals surface area (Å²) in [6.07, 6.45) is 16.6. The predicted octanol–water partition coefficient (Wildman–Crippen LogP) is 10.0. The lowest BCUT2D eigenvalue weighted by atomic mass is 10.0. The van der Waals surface area contributed by atoms with Gasteiger partial charge in [-0.15, -0.1) is 0 Å². The zero-order valence-corrected chi connectivity index (χ0v) is 22.8. The quantitative estimate of drug-likeness (QED) is 0.161. The maximum atomic E-state index is 15.0. The molecule has 37 heavy (non-hydrogen) atoms. The van der Waals surface area contributed by atoms with E-state index in [0.29, 0.717) is 5.69 Å². The monoisotopic (exact) mass is 505 g/mol. The van der Waals surface area contributed by atoms with Gasteiger partial charge in [0, 0.05) is 17.3 Å². The molecular formula is C33H44FNO2. The summed E-state index contributed by atoms with van der Waals surface area (Å²) < 4.78 is 26.7. The van der Waals surface area contributed by atoms with Gasteiger partial charge in [-0.3, -0.25) is 4.98 Å². The number of hydrogen-bond acceptors (Lipinski definition) is 3. The van der Waals surface area contributed by atoms with Crippen LogP contribution >= 0.6 is 0 Å². The fraction of sp³-hybridized carbons (Fsp3) is 0.485. The fourth-order valence-electron chi connectivity index (χ4n) is 4.41. The van der Waals surface area contributed by atoms with Crippen molar-refractivity contribution >= 4 is 0 Å². The van der Waals surface area contributed by atoms with Crippen LogP contribution in [0.5, 0.6) is 11.5 Å². The van der Waals surface area contributed by atoms with Crippen molar-refractivity contribution in [1.82, 2.24) is 4.98 Å². The number of aromatic nitrogens is 1. The summed E-state index contributed by atoms with van der Waals surface area (Å²) in [5, 5.41) is 0. The van der Waals surface area contributed by atoms with E-state index in [0.717, 1.165) is 54.2 Å². The molecule has 0 aliphatic carbocycles. The van der Waals surface area contributed by atoms with E-state index in [1.54, 1.807) is 12.3 Å². The molecule has 0 saturated heterocycles. The lowest BCUT2D eigenvalue weighted by Crippen LogP contribution is -1.98. The van der Waals surface area contributed by atoms with Crippen LogP contribution in [-0.4, -0.2) is 18.2 Å². The highest BCUT2D eigenvalue weighted by Crippen LogP contribution is 2.28. The van der Waals surface area contributed by atoms with E-state index >= 15 is 0 Å². The summed E-state index contributed by atoms with van der Waals surface area (Å²) in [7, 11) is 0. The number of hydrogen-bond donors (Lipinski definition) is 0. The Morgan fingerprint density at radius 1 is 0.568 bits per heavy atom. The van der Waals surface area contributed by atoms with E-state index in [-0.39, 0.29) is 5.82 Å². The summed E-state index contributed by atoms with van der Waals surface area (Å²) in [6.45, 7) is 5.92. The molecule has 1 heterocycles. The van der Waals surface area contributed by atoms with Crippen molar-refractivity contribution < 1.29 is 13.9 Å². The molecule has 3 aromatic rings. The number of unbranched alkanes of at least 4 members (excludes halogenated alkanes) is 10. The molecule has 0 fully saturated rings. The first-order valence-electron chi connectivity index (χ1n) is 14.3. The number of halogens is 1. The maximum absolute atomic E-state index is 15.0. The van der Waals surface area contributed by atoms with Crippen LogP contribution in [0.25, 0.3) is 22.4 Å². The maximum Gasteiger partial charge on any atom is 0.150 e. The van der Waals surface area contributed by atoms with Crippen LogP contribution in [0.2, 0.25) is 0 Å². The lowest BCUT2D eigenvalue weighted by Gasteiger charge is -2.10. The van der Waals surface area contributed by atoms with Gasteiger partial charge in [0.2, 0.25) is 0 Å². The van der Waals surface area contributed by atoms with Gasteiger partial charge in [-0.25, -0.2) is 4.39 Å². The second kappa shape index (κ2) is 16.8. The Morgan fingerprint density at radius 3 is 1.51 bits per heavy atom. The molecule has 3 rings (SSSR count). The van der Waals surface area contributed by atoms with Gasteiger partial charge in [-0.05, 0) is 60.9 Å². The van der Waals surface area contributed by atoms with Gasteiger partial charge in [0.25, 0.3) is 0 Å². The second-order valence-electron chi connectivity index (χ2n) is 9.84. The second-order valence-corrected chi connectivity index (χ2v) is 9.84. The molecule has 1 aromatic heterocycles. The minimum atomic E-state index is -0.332. The molecule has 200 valence electrons. The van der Waals surface area contributed by atoms with Gasteiger partial charge >= 0.3 is 0 Å². The SMILES string of the molecule is CCCCCCCCOc1ccc(-c2cnc(-c3ccc(OCCCCCCCC)cc3)c(F)c2)cc1. The number of ether oxygens (including phenoxy) is 2. The first kappa shape index (κ1) is 28.7. The van der Waals surface area contributed by atoms with E-state index in [4.69, 9.17) is 9.47 Å². The average molecular weight is 506 g/mol. The summed E-state index contributed by atoms with van der Waals surface area (Å²) in [5.74, 6) is 1.33. The minimum absolute atomic E-state index is 0.332. The molecule has 0 atom stereocenters. The Hall–Kier alpha value is -2.88. The average Bonchev–Trinajstić information content (AvgIpc) is 2.93. The van der Waals surface area contributed by atoms with Gasteiger partial charge in [0.15, 0.2) is 0 Å². The molecule has 2 aromatic carbocycles. The first-order valence-corrected chi connectivity index (χ1v) is 14.3. The Balaban J connectivity index is 1.47. The molecule has 0 bridgehead atoms. The third-order valence-electron chi connectivity index (χ3n) is 6.69. The van der Waals surface area contributed by atoms with Crippen molar-refractivity contribution in [2.45, 2.75) is 90.9 Å². The van der Waals surface area contributed by atoms with Crippen LogP contribution in [-0.2, 0) is 0 Å². The first-order chi connectivity index (χ1) is 18.2. The fourth-order valence-corrected chi connectivity index (χ4v) is 4.41. The summed E-state index contributed by atoms with van der Waals surface area (Å²) in [4.78, 5) is 4.43. The molecule has 0 unspecified atom stereocenters. The van der Waals surface area contributed by atoms with Crippen LogP contribution in [0.3, 0.4) is 0 Å². The Labute approximate surface area is 223 Å². The number of pyridine rings is 1. The molecule has 3 nitrogen and oxygen atoms in total. The van der Waals surface area contributed by atoms with E-state index in [9.17, 15) is 4.39 Å². The van der Waals surface area contributed by atoms with Gasteiger partial charge < -0.3 is 9.47 Å². The topological polar surface area (TPSA) is 31.4 Å². The summed E-state index contributed by atoms with van der Waals surface area (Å²) in [6, 6.07) is 16.9. The van der Waals surface area contributed by atoms with Crippen molar-refractivity contribution in [1.29, 1.82) is 0 Å². The van der Waals surface area contributed by atoms with Gasteiger partial charge in [-0.1, -0.05) is 90.2 Å².